The normalized spacial score (nSPS) is 9.31. The Bertz CT molecular complexity index is 261. The topological polar surface area (TPSA) is 47.6 Å². The van der Waals surface area contributed by atoms with Gasteiger partial charge in [0.1, 0.15) is 5.75 Å². The van der Waals surface area contributed by atoms with Crippen molar-refractivity contribution in [2.45, 2.75) is 0 Å². The zero-order valence-electron chi connectivity index (χ0n) is 7.32. The molecule has 1 aromatic rings. The molecule has 4 nitrogen and oxygen atoms in total. The largest absolute Gasteiger partial charge is 0.484 e. The van der Waals surface area contributed by atoms with Crippen molar-refractivity contribution in [2.75, 3.05) is 13.7 Å². The molecule has 0 aliphatic rings. The Hall–Kier alpha value is -1.55. The Morgan fingerprint density at radius 2 is 2.08 bits per heavy atom. The van der Waals surface area contributed by atoms with Crippen LogP contribution in [0.3, 0.4) is 0 Å². The lowest BCUT2D eigenvalue weighted by Gasteiger charge is -2.04. The third-order valence-electron chi connectivity index (χ3n) is 1.33. The summed E-state index contributed by atoms with van der Waals surface area (Å²) in [6.45, 7) is -0.0438. The van der Waals surface area contributed by atoms with E-state index < -0.39 is 0 Å². The molecule has 1 N–H and O–H groups in total. The van der Waals surface area contributed by atoms with E-state index in [0.29, 0.717) is 5.75 Å². The highest BCUT2D eigenvalue weighted by Gasteiger charge is 1.99. The highest BCUT2D eigenvalue weighted by atomic mass is 16.6. The molecule has 4 heteroatoms. The van der Waals surface area contributed by atoms with E-state index in [2.05, 4.69) is 10.3 Å². The van der Waals surface area contributed by atoms with E-state index in [-0.39, 0.29) is 12.5 Å². The van der Waals surface area contributed by atoms with Crippen molar-refractivity contribution in [3.63, 3.8) is 0 Å². The van der Waals surface area contributed by atoms with Crippen LogP contribution in [0.5, 0.6) is 5.75 Å². The number of amides is 1. The molecule has 0 saturated heterocycles. The van der Waals surface area contributed by atoms with Crippen molar-refractivity contribution in [1.29, 1.82) is 0 Å². The van der Waals surface area contributed by atoms with E-state index >= 15 is 0 Å². The third kappa shape index (κ3) is 3.57. The monoisotopic (exact) mass is 181 g/mol. The third-order valence-corrected chi connectivity index (χ3v) is 1.33. The van der Waals surface area contributed by atoms with Crippen molar-refractivity contribution in [2.24, 2.45) is 0 Å². The predicted octanol–water partition coefficient (Wildman–Crippen LogP) is 0.743. The van der Waals surface area contributed by atoms with Gasteiger partial charge in [-0.25, -0.2) is 5.48 Å². The maximum Gasteiger partial charge on any atom is 0.281 e. The number of para-hydroxylation sites is 1. The van der Waals surface area contributed by atoms with Gasteiger partial charge in [0, 0.05) is 0 Å². The molecule has 1 aromatic carbocycles. The van der Waals surface area contributed by atoms with Crippen molar-refractivity contribution in [3.8, 4) is 5.75 Å². The molecule has 0 heterocycles. The highest BCUT2D eigenvalue weighted by molar-refractivity contribution is 5.76. The fraction of sp³-hybridized carbons (Fsp3) is 0.222. The van der Waals surface area contributed by atoms with E-state index in [4.69, 9.17) is 4.74 Å². The standard InChI is InChI=1S/C9H11NO3/c1-12-10-9(11)7-13-8-5-3-2-4-6-8/h2-6H,7H2,1H3,(H,10,11). The fourth-order valence-electron chi connectivity index (χ4n) is 0.809. The van der Waals surface area contributed by atoms with E-state index in [1.165, 1.54) is 7.11 Å². The zero-order valence-corrected chi connectivity index (χ0v) is 7.32. The van der Waals surface area contributed by atoms with Gasteiger partial charge < -0.3 is 4.74 Å². The van der Waals surface area contributed by atoms with Crippen LogP contribution in [0.2, 0.25) is 0 Å². The predicted molar refractivity (Wildman–Crippen MR) is 47.1 cm³/mol. The molecule has 0 spiro atoms. The van der Waals surface area contributed by atoms with Gasteiger partial charge in [-0.1, -0.05) is 18.2 Å². The van der Waals surface area contributed by atoms with Crippen LogP contribution in [0.1, 0.15) is 0 Å². The minimum Gasteiger partial charge on any atom is -0.484 e. The maximum atomic E-state index is 10.9. The Kier molecular flexibility index (Phi) is 3.78. The maximum absolute atomic E-state index is 10.9. The molecule has 0 aliphatic heterocycles. The van der Waals surface area contributed by atoms with Gasteiger partial charge in [0.2, 0.25) is 0 Å². The Labute approximate surface area is 76.4 Å². The van der Waals surface area contributed by atoms with Crippen molar-refractivity contribution >= 4 is 5.91 Å². The number of nitrogens with one attached hydrogen (secondary N) is 1. The first-order valence-electron chi connectivity index (χ1n) is 3.82. The molecular weight excluding hydrogens is 170 g/mol. The van der Waals surface area contributed by atoms with Crippen LogP contribution in [-0.4, -0.2) is 19.6 Å². The van der Waals surface area contributed by atoms with Crippen molar-refractivity contribution < 1.29 is 14.4 Å². The summed E-state index contributed by atoms with van der Waals surface area (Å²) in [6, 6.07) is 9.11. The summed E-state index contributed by atoms with van der Waals surface area (Å²) in [4.78, 5) is 15.3. The molecule has 0 saturated carbocycles. The summed E-state index contributed by atoms with van der Waals surface area (Å²) in [5, 5.41) is 0. The lowest BCUT2D eigenvalue weighted by atomic mass is 10.3. The average Bonchev–Trinajstić information content (AvgIpc) is 2.17. The van der Waals surface area contributed by atoms with E-state index in [0.717, 1.165) is 0 Å². The molecule has 0 aromatic heterocycles. The van der Waals surface area contributed by atoms with Gasteiger partial charge in [0.05, 0.1) is 7.11 Å². The number of carbonyl (C=O) groups excluding carboxylic acids is 1. The molecule has 0 aliphatic carbocycles. The molecule has 1 rings (SSSR count). The first-order chi connectivity index (χ1) is 6.33. The zero-order chi connectivity index (χ0) is 9.52. The van der Waals surface area contributed by atoms with Gasteiger partial charge in [-0.3, -0.25) is 9.63 Å². The van der Waals surface area contributed by atoms with Crippen molar-refractivity contribution in [3.05, 3.63) is 30.3 Å². The number of rotatable bonds is 4. The van der Waals surface area contributed by atoms with Crippen LogP contribution in [-0.2, 0) is 9.63 Å². The Morgan fingerprint density at radius 1 is 1.38 bits per heavy atom. The molecule has 0 fully saturated rings. The SMILES string of the molecule is CONC(=O)COc1ccccc1. The fourth-order valence-corrected chi connectivity index (χ4v) is 0.809. The van der Waals surface area contributed by atoms with Crippen LogP contribution < -0.4 is 10.2 Å². The van der Waals surface area contributed by atoms with E-state index in [9.17, 15) is 4.79 Å². The van der Waals surface area contributed by atoms with Gasteiger partial charge in [-0.15, -0.1) is 0 Å². The highest BCUT2D eigenvalue weighted by Crippen LogP contribution is 2.07. The average molecular weight is 181 g/mol. The number of benzene rings is 1. The van der Waals surface area contributed by atoms with Crippen LogP contribution in [0, 0.1) is 0 Å². The first-order valence-corrected chi connectivity index (χ1v) is 3.82. The molecule has 70 valence electrons. The number of hydrogen-bond donors (Lipinski definition) is 1. The van der Waals surface area contributed by atoms with Gasteiger partial charge in [0.15, 0.2) is 6.61 Å². The minimum absolute atomic E-state index is 0.0438. The van der Waals surface area contributed by atoms with Crippen LogP contribution in [0.4, 0.5) is 0 Å². The summed E-state index contributed by atoms with van der Waals surface area (Å²) in [5.41, 5.74) is 2.15. The summed E-state index contributed by atoms with van der Waals surface area (Å²) < 4.78 is 5.13. The Balaban J connectivity index is 2.31. The smallest absolute Gasteiger partial charge is 0.281 e. The quantitative estimate of drug-likeness (QED) is 0.697. The second kappa shape index (κ2) is 5.16. The lowest BCUT2D eigenvalue weighted by Crippen LogP contribution is -2.27. The van der Waals surface area contributed by atoms with Crippen LogP contribution in [0.15, 0.2) is 30.3 Å². The number of hydrogen-bond acceptors (Lipinski definition) is 3. The number of ether oxygens (including phenoxy) is 1. The summed E-state index contributed by atoms with van der Waals surface area (Å²) in [5.74, 6) is 0.347. The Morgan fingerprint density at radius 3 is 2.69 bits per heavy atom. The molecule has 0 radical (unpaired) electrons. The summed E-state index contributed by atoms with van der Waals surface area (Å²) >= 11 is 0. The van der Waals surface area contributed by atoms with E-state index in [1.54, 1.807) is 12.1 Å². The van der Waals surface area contributed by atoms with Gasteiger partial charge >= 0.3 is 0 Å². The van der Waals surface area contributed by atoms with Gasteiger partial charge in [-0.05, 0) is 12.1 Å². The van der Waals surface area contributed by atoms with E-state index in [1.807, 2.05) is 18.2 Å². The molecule has 1 amide bonds. The minimum atomic E-state index is -0.314. The van der Waals surface area contributed by atoms with Crippen LogP contribution in [0.25, 0.3) is 0 Å². The lowest BCUT2D eigenvalue weighted by molar-refractivity contribution is -0.133. The van der Waals surface area contributed by atoms with Gasteiger partial charge in [0.25, 0.3) is 5.91 Å². The summed E-state index contributed by atoms with van der Waals surface area (Å²) in [6.07, 6.45) is 0. The number of hydroxylamine groups is 1. The molecule has 0 bridgehead atoms. The molecular formula is C9H11NO3. The molecule has 0 unspecified atom stereocenters. The van der Waals surface area contributed by atoms with Gasteiger partial charge in [-0.2, -0.15) is 0 Å². The summed E-state index contributed by atoms with van der Waals surface area (Å²) in [7, 11) is 1.38. The number of carbonyl (C=O) groups is 1. The van der Waals surface area contributed by atoms with Crippen LogP contribution >= 0.6 is 0 Å². The van der Waals surface area contributed by atoms with Crippen molar-refractivity contribution in [1.82, 2.24) is 5.48 Å². The molecule has 13 heavy (non-hydrogen) atoms. The first kappa shape index (κ1) is 9.54. The second-order valence-corrected chi connectivity index (χ2v) is 2.33. The second-order valence-electron chi connectivity index (χ2n) is 2.33. The molecule has 0 atom stereocenters.